The number of anilines is 1. The topological polar surface area (TPSA) is 89.5 Å². The number of amides is 1. The minimum Gasteiger partial charge on any atom is -0.452 e. The van der Waals surface area contributed by atoms with Gasteiger partial charge in [0.2, 0.25) is 0 Å². The van der Waals surface area contributed by atoms with Gasteiger partial charge in [-0.15, -0.1) is 0 Å². The number of halogens is 1. The number of benzene rings is 2. The Bertz CT molecular complexity index is 940. The molecular formula is C18H18ClNO5S. The van der Waals surface area contributed by atoms with E-state index in [1.807, 2.05) is 25.1 Å². The lowest BCUT2D eigenvalue weighted by Gasteiger charge is -2.09. The first-order valence-corrected chi connectivity index (χ1v) is 10.0. The molecule has 8 heteroatoms. The highest BCUT2D eigenvalue weighted by Gasteiger charge is 2.17. The molecule has 2 aromatic carbocycles. The van der Waals surface area contributed by atoms with Crippen LogP contribution < -0.4 is 5.32 Å². The number of carbonyl (C=O) groups excluding carboxylic acids is 2. The molecule has 0 atom stereocenters. The molecule has 0 aromatic heterocycles. The van der Waals surface area contributed by atoms with Gasteiger partial charge in [-0.25, -0.2) is 13.2 Å². The van der Waals surface area contributed by atoms with E-state index in [0.717, 1.165) is 24.3 Å². The van der Waals surface area contributed by atoms with Crippen molar-refractivity contribution in [1.29, 1.82) is 0 Å². The number of hydrogen-bond acceptors (Lipinski definition) is 5. The Morgan fingerprint density at radius 1 is 1.15 bits per heavy atom. The highest BCUT2D eigenvalue weighted by molar-refractivity contribution is 7.90. The zero-order valence-corrected chi connectivity index (χ0v) is 15.9. The summed E-state index contributed by atoms with van der Waals surface area (Å²) in [5.74, 6) is -1.39. The van der Waals surface area contributed by atoms with Crippen LogP contribution in [0.25, 0.3) is 0 Å². The van der Waals surface area contributed by atoms with E-state index < -0.39 is 28.3 Å². The molecule has 26 heavy (non-hydrogen) atoms. The van der Waals surface area contributed by atoms with Crippen molar-refractivity contribution in [1.82, 2.24) is 0 Å². The average Bonchev–Trinajstić information content (AvgIpc) is 2.59. The van der Waals surface area contributed by atoms with E-state index in [-0.39, 0.29) is 15.5 Å². The molecule has 0 unspecified atom stereocenters. The SMILES string of the molecule is CCc1cccc(NC(=O)COC(=O)c2cc(S(C)(=O)=O)ccc2Cl)c1. The van der Waals surface area contributed by atoms with Gasteiger partial charge in [0, 0.05) is 11.9 Å². The predicted octanol–water partition coefficient (Wildman–Crippen LogP) is 3.10. The van der Waals surface area contributed by atoms with Crippen LogP contribution in [0, 0.1) is 0 Å². The average molecular weight is 396 g/mol. The molecule has 0 saturated heterocycles. The number of aryl methyl sites for hydroxylation is 1. The molecule has 0 saturated carbocycles. The van der Waals surface area contributed by atoms with Crippen molar-refractivity contribution in [3.63, 3.8) is 0 Å². The number of sulfone groups is 1. The summed E-state index contributed by atoms with van der Waals surface area (Å²) in [6.07, 6.45) is 1.84. The largest absolute Gasteiger partial charge is 0.452 e. The number of carbonyl (C=O) groups is 2. The normalized spacial score (nSPS) is 11.0. The summed E-state index contributed by atoms with van der Waals surface area (Å²) in [5, 5.41) is 2.67. The van der Waals surface area contributed by atoms with E-state index in [4.69, 9.17) is 16.3 Å². The molecule has 0 heterocycles. The van der Waals surface area contributed by atoms with E-state index in [1.165, 1.54) is 12.1 Å². The van der Waals surface area contributed by atoms with Gasteiger partial charge in [-0.2, -0.15) is 0 Å². The summed E-state index contributed by atoms with van der Waals surface area (Å²) in [6.45, 7) is 1.48. The van der Waals surface area contributed by atoms with Gasteiger partial charge in [0.05, 0.1) is 15.5 Å². The predicted molar refractivity (Wildman–Crippen MR) is 99.3 cm³/mol. The molecule has 6 nitrogen and oxygen atoms in total. The van der Waals surface area contributed by atoms with Crippen LogP contribution in [0.3, 0.4) is 0 Å². The molecule has 0 aliphatic heterocycles. The molecule has 2 rings (SSSR count). The van der Waals surface area contributed by atoms with E-state index in [9.17, 15) is 18.0 Å². The van der Waals surface area contributed by atoms with Gasteiger partial charge in [0.15, 0.2) is 16.4 Å². The minimum absolute atomic E-state index is 0.0402. The fourth-order valence-corrected chi connectivity index (χ4v) is 3.01. The van der Waals surface area contributed by atoms with Crippen molar-refractivity contribution >= 4 is 39.0 Å². The Labute approximate surface area is 157 Å². The van der Waals surface area contributed by atoms with Crippen LogP contribution in [0.15, 0.2) is 47.4 Å². The first kappa shape index (κ1) is 19.9. The maximum absolute atomic E-state index is 12.1. The molecule has 0 fully saturated rings. The molecule has 0 aliphatic carbocycles. The van der Waals surface area contributed by atoms with Crippen LogP contribution >= 0.6 is 11.6 Å². The van der Waals surface area contributed by atoms with Crippen LogP contribution in [0.4, 0.5) is 5.69 Å². The highest BCUT2D eigenvalue weighted by atomic mass is 35.5. The number of rotatable bonds is 6. The second-order valence-electron chi connectivity index (χ2n) is 5.59. The van der Waals surface area contributed by atoms with Gasteiger partial charge < -0.3 is 10.1 Å². The number of ether oxygens (including phenoxy) is 1. The standard InChI is InChI=1S/C18H18ClNO5S/c1-3-12-5-4-6-13(9-12)20-17(21)11-25-18(22)15-10-14(26(2,23)24)7-8-16(15)19/h4-10H,3,11H2,1-2H3,(H,20,21). The maximum Gasteiger partial charge on any atom is 0.340 e. The maximum atomic E-state index is 12.1. The Hall–Kier alpha value is -2.38. The molecule has 2 aromatic rings. The summed E-state index contributed by atoms with van der Waals surface area (Å²) >= 11 is 5.92. The van der Waals surface area contributed by atoms with Crippen molar-refractivity contribution in [3.05, 3.63) is 58.6 Å². The Morgan fingerprint density at radius 3 is 2.54 bits per heavy atom. The van der Waals surface area contributed by atoms with E-state index >= 15 is 0 Å². The number of hydrogen-bond donors (Lipinski definition) is 1. The van der Waals surface area contributed by atoms with E-state index in [2.05, 4.69) is 5.32 Å². The lowest BCUT2D eigenvalue weighted by molar-refractivity contribution is -0.119. The summed E-state index contributed by atoms with van der Waals surface area (Å²) in [4.78, 5) is 24.0. The van der Waals surface area contributed by atoms with Crippen LogP contribution in [-0.2, 0) is 25.8 Å². The molecule has 0 radical (unpaired) electrons. The minimum atomic E-state index is -3.50. The number of nitrogens with one attached hydrogen (secondary N) is 1. The monoisotopic (exact) mass is 395 g/mol. The molecular weight excluding hydrogens is 378 g/mol. The first-order valence-electron chi connectivity index (χ1n) is 7.76. The van der Waals surface area contributed by atoms with Gasteiger partial charge in [0.1, 0.15) is 0 Å². The summed E-state index contributed by atoms with van der Waals surface area (Å²) in [7, 11) is -3.50. The Morgan fingerprint density at radius 2 is 1.88 bits per heavy atom. The first-order chi connectivity index (χ1) is 12.2. The highest BCUT2D eigenvalue weighted by Crippen LogP contribution is 2.21. The zero-order chi connectivity index (χ0) is 19.3. The zero-order valence-electron chi connectivity index (χ0n) is 14.3. The second-order valence-corrected chi connectivity index (χ2v) is 8.01. The molecule has 138 valence electrons. The van der Waals surface area contributed by atoms with E-state index in [0.29, 0.717) is 5.69 Å². The van der Waals surface area contributed by atoms with Crippen molar-refractivity contribution < 1.29 is 22.7 Å². The number of esters is 1. The van der Waals surface area contributed by atoms with Crippen molar-refractivity contribution in [2.24, 2.45) is 0 Å². The smallest absolute Gasteiger partial charge is 0.340 e. The molecule has 1 amide bonds. The van der Waals surface area contributed by atoms with Gasteiger partial charge in [-0.1, -0.05) is 30.7 Å². The fourth-order valence-electron chi connectivity index (χ4n) is 2.17. The second kappa shape index (κ2) is 8.33. The molecule has 0 aliphatic rings. The quantitative estimate of drug-likeness (QED) is 0.759. The third kappa shape index (κ3) is 5.31. The van der Waals surface area contributed by atoms with Crippen molar-refractivity contribution in [2.45, 2.75) is 18.2 Å². The van der Waals surface area contributed by atoms with Crippen molar-refractivity contribution in [2.75, 3.05) is 18.2 Å². The fraction of sp³-hybridized carbons (Fsp3) is 0.222. The van der Waals surface area contributed by atoms with Gasteiger partial charge >= 0.3 is 5.97 Å². The van der Waals surface area contributed by atoms with Crippen LogP contribution in [0.5, 0.6) is 0 Å². The third-order valence-electron chi connectivity index (χ3n) is 3.54. The van der Waals surface area contributed by atoms with Crippen LogP contribution in [0.1, 0.15) is 22.8 Å². The van der Waals surface area contributed by atoms with Crippen molar-refractivity contribution in [3.8, 4) is 0 Å². The van der Waals surface area contributed by atoms with Gasteiger partial charge in [-0.3, -0.25) is 4.79 Å². The lowest BCUT2D eigenvalue weighted by Crippen LogP contribution is -2.21. The summed E-state index contributed by atoms with van der Waals surface area (Å²) < 4.78 is 28.1. The lowest BCUT2D eigenvalue weighted by atomic mass is 10.1. The van der Waals surface area contributed by atoms with E-state index in [1.54, 1.807) is 6.07 Å². The summed E-state index contributed by atoms with van der Waals surface area (Å²) in [6, 6.07) is 11.0. The molecule has 1 N–H and O–H groups in total. The summed E-state index contributed by atoms with van der Waals surface area (Å²) in [5.41, 5.74) is 1.54. The third-order valence-corrected chi connectivity index (χ3v) is 4.98. The van der Waals surface area contributed by atoms with Gasteiger partial charge in [-0.05, 0) is 42.3 Å². The Kier molecular flexibility index (Phi) is 6.39. The van der Waals surface area contributed by atoms with Crippen LogP contribution in [-0.4, -0.2) is 33.2 Å². The molecule has 0 spiro atoms. The molecule has 0 bridgehead atoms. The van der Waals surface area contributed by atoms with Crippen LogP contribution in [0.2, 0.25) is 5.02 Å². The van der Waals surface area contributed by atoms with Gasteiger partial charge in [0.25, 0.3) is 5.91 Å². The Balaban J connectivity index is 2.03.